The molecule has 0 aliphatic heterocycles. The highest BCUT2D eigenvalue weighted by Gasteiger charge is 2.66. The molecule has 0 bridgehead atoms. The van der Waals surface area contributed by atoms with Crippen LogP contribution in [0.2, 0.25) is 0 Å². The van der Waals surface area contributed by atoms with E-state index in [9.17, 15) is 19.5 Å². The Morgan fingerprint density at radius 1 is 1.03 bits per heavy atom. The molecule has 172 valence electrons. The molecule has 3 saturated carbocycles. The van der Waals surface area contributed by atoms with Gasteiger partial charge < -0.3 is 14.6 Å². The number of Topliss-reactive ketones (excluding diaryl/α,β-unsaturated/α-hetero) is 1. The van der Waals surface area contributed by atoms with Crippen molar-refractivity contribution >= 4 is 17.7 Å². The smallest absolute Gasteiger partial charge is 0.303 e. The van der Waals surface area contributed by atoms with Gasteiger partial charge in [-0.15, -0.1) is 0 Å². The van der Waals surface area contributed by atoms with Gasteiger partial charge in [0.05, 0.1) is 0 Å². The van der Waals surface area contributed by atoms with Crippen molar-refractivity contribution < 1.29 is 29.0 Å². The minimum Gasteiger partial charge on any atom is -0.462 e. The molecule has 1 N–H and O–H groups in total. The maximum atomic E-state index is 12.9. The number of esters is 2. The van der Waals surface area contributed by atoms with E-state index in [-0.39, 0.29) is 35.8 Å². The van der Waals surface area contributed by atoms with Crippen LogP contribution in [0, 0.1) is 28.6 Å². The van der Waals surface area contributed by atoms with Crippen molar-refractivity contribution in [2.45, 2.75) is 90.8 Å². The Morgan fingerprint density at radius 3 is 2.42 bits per heavy atom. The quantitative estimate of drug-likeness (QED) is 0.538. The third-order valence-corrected chi connectivity index (χ3v) is 9.41. The van der Waals surface area contributed by atoms with Gasteiger partial charge in [-0.25, -0.2) is 0 Å². The Morgan fingerprint density at radius 2 is 1.74 bits per heavy atom. The fourth-order valence-electron chi connectivity index (χ4n) is 7.72. The Balaban J connectivity index is 1.56. The zero-order valence-corrected chi connectivity index (χ0v) is 19.2. The molecule has 0 heterocycles. The van der Waals surface area contributed by atoms with Crippen LogP contribution >= 0.6 is 0 Å². The van der Waals surface area contributed by atoms with Crippen molar-refractivity contribution in [2.75, 3.05) is 6.61 Å². The molecule has 4 aliphatic rings. The number of fused-ring (bicyclic) bond motifs is 5. The standard InChI is InChI=1S/C25H36O6/c1-15(26)30-14-22(28)25(29)12-9-21-19-6-5-17-13-18(31-16(2)27)7-10-23(17,3)20(19)8-11-24(21,25)4/h5,18-21,29H,6-14H2,1-4H3/t18-,19+,20-,21-,23+,24+,25-/m1/s1. The molecule has 0 amide bonds. The Hall–Kier alpha value is -1.69. The van der Waals surface area contributed by atoms with E-state index in [4.69, 9.17) is 9.47 Å². The Kier molecular flexibility index (Phi) is 5.60. The second-order valence-corrected chi connectivity index (χ2v) is 10.8. The van der Waals surface area contributed by atoms with Crippen LogP contribution in [-0.4, -0.2) is 41.1 Å². The summed E-state index contributed by atoms with van der Waals surface area (Å²) in [7, 11) is 0. The predicted molar refractivity (Wildman–Crippen MR) is 114 cm³/mol. The van der Waals surface area contributed by atoms with Gasteiger partial charge in [-0.3, -0.25) is 14.4 Å². The van der Waals surface area contributed by atoms with E-state index < -0.39 is 17.0 Å². The van der Waals surface area contributed by atoms with E-state index in [2.05, 4.69) is 19.9 Å². The first-order valence-electron chi connectivity index (χ1n) is 11.8. The lowest BCUT2D eigenvalue weighted by molar-refractivity contribution is -0.169. The van der Waals surface area contributed by atoms with Crippen LogP contribution in [0.3, 0.4) is 0 Å². The van der Waals surface area contributed by atoms with Crippen LogP contribution in [0.5, 0.6) is 0 Å². The first-order valence-corrected chi connectivity index (χ1v) is 11.8. The van der Waals surface area contributed by atoms with Crippen molar-refractivity contribution in [1.29, 1.82) is 0 Å². The minimum atomic E-state index is -1.42. The first kappa shape index (κ1) is 22.5. The van der Waals surface area contributed by atoms with E-state index in [0.29, 0.717) is 18.3 Å². The number of hydrogen-bond acceptors (Lipinski definition) is 6. The number of ether oxygens (including phenoxy) is 2. The summed E-state index contributed by atoms with van der Waals surface area (Å²) in [6, 6.07) is 0. The van der Waals surface area contributed by atoms with Crippen molar-refractivity contribution in [1.82, 2.24) is 0 Å². The molecular weight excluding hydrogens is 396 g/mol. The van der Waals surface area contributed by atoms with E-state index in [1.165, 1.54) is 19.4 Å². The van der Waals surface area contributed by atoms with Gasteiger partial charge in [-0.1, -0.05) is 25.5 Å². The van der Waals surface area contributed by atoms with Crippen molar-refractivity contribution in [2.24, 2.45) is 28.6 Å². The van der Waals surface area contributed by atoms with Gasteiger partial charge in [-0.05, 0) is 68.1 Å². The molecular formula is C25H36O6. The second kappa shape index (κ2) is 7.72. The maximum absolute atomic E-state index is 12.9. The topological polar surface area (TPSA) is 89.9 Å². The fourth-order valence-corrected chi connectivity index (χ4v) is 7.72. The van der Waals surface area contributed by atoms with Crippen LogP contribution in [0.1, 0.15) is 79.1 Å². The Bertz CT molecular complexity index is 817. The van der Waals surface area contributed by atoms with Gasteiger partial charge in [0.25, 0.3) is 0 Å². The van der Waals surface area contributed by atoms with Crippen LogP contribution in [0.25, 0.3) is 0 Å². The number of rotatable bonds is 4. The highest BCUT2D eigenvalue weighted by molar-refractivity contribution is 5.90. The second-order valence-electron chi connectivity index (χ2n) is 10.8. The third-order valence-electron chi connectivity index (χ3n) is 9.41. The van der Waals surface area contributed by atoms with Gasteiger partial charge in [0, 0.05) is 25.7 Å². The van der Waals surface area contributed by atoms with E-state index in [1.807, 2.05) is 0 Å². The molecule has 0 spiro atoms. The first-order chi connectivity index (χ1) is 14.5. The van der Waals surface area contributed by atoms with Crippen molar-refractivity contribution in [3.63, 3.8) is 0 Å². The number of allylic oxidation sites excluding steroid dienone is 1. The summed E-state index contributed by atoms with van der Waals surface area (Å²) in [6.07, 6.45) is 9.08. The number of aliphatic hydroxyl groups is 1. The molecule has 0 aromatic rings. The molecule has 6 nitrogen and oxygen atoms in total. The molecule has 3 fully saturated rings. The normalized spacial score (nSPS) is 43.7. The lowest BCUT2D eigenvalue weighted by Gasteiger charge is -2.58. The number of ketones is 1. The molecule has 4 rings (SSSR count). The lowest BCUT2D eigenvalue weighted by Crippen LogP contribution is -2.58. The highest BCUT2D eigenvalue weighted by Crippen LogP contribution is 2.67. The van der Waals surface area contributed by atoms with Gasteiger partial charge in [0.1, 0.15) is 11.7 Å². The minimum absolute atomic E-state index is 0.0160. The van der Waals surface area contributed by atoms with Gasteiger partial charge in [-0.2, -0.15) is 0 Å². The zero-order valence-electron chi connectivity index (χ0n) is 19.2. The summed E-state index contributed by atoms with van der Waals surface area (Å²) in [5.41, 5.74) is -0.379. The van der Waals surface area contributed by atoms with Crippen LogP contribution in [0.4, 0.5) is 0 Å². The molecule has 6 heteroatoms. The fraction of sp³-hybridized carbons (Fsp3) is 0.800. The zero-order chi connectivity index (χ0) is 22.6. The summed E-state index contributed by atoms with van der Waals surface area (Å²) < 4.78 is 10.5. The van der Waals surface area contributed by atoms with Crippen molar-refractivity contribution in [3.05, 3.63) is 11.6 Å². The van der Waals surface area contributed by atoms with Gasteiger partial charge in [0.2, 0.25) is 5.78 Å². The van der Waals surface area contributed by atoms with Crippen LogP contribution in [0.15, 0.2) is 11.6 Å². The predicted octanol–water partition coefficient (Wildman–Crippen LogP) is 3.74. The van der Waals surface area contributed by atoms with Gasteiger partial charge in [0.15, 0.2) is 6.61 Å². The van der Waals surface area contributed by atoms with E-state index in [0.717, 1.165) is 44.9 Å². The molecule has 0 unspecified atom stereocenters. The third kappa shape index (κ3) is 3.46. The molecule has 4 aliphatic carbocycles. The number of hydrogen-bond donors (Lipinski definition) is 1. The molecule has 0 aromatic carbocycles. The highest BCUT2D eigenvalue weighted by atomic mass is 16.5. The molecule has 0 aromatic heterocycles. The van der Waals surface area contributed by atoms with E-state index in [1.54, 1.807) is 0 Å². The summed E-state index contributed by atoms with van der Waals surface area (Å²) in [5.74, 6) is 0.176. The SMILES string of the molecule is CC(=O)OCC(=O)[C@]1(O)CC[C@@H]2[C@H]3CC=C4C[C@H](OC(C)=O)CC[C@]4(C)[C@@H]3CC[C@@]21C. The number of carbonyl (C=O) groups is 3. The largest absolute Gasteiger partial charge is 0.462 e. The molecule has 31 heavy (non-hydrogen) atoms. The maximum Gasteiger partial charge on any atom is 0.303 e. The summed E-state index contributed by atoms with van der Waals surface area (Å²) >= 11 is 0. The summed E-state index contributed by atoms with van der Waals surface area (Å²) in [4.78, 5) is 35.5. The lowest BCUT2D eigenvalue weighted by atomic mass is 9.46. The summed E-state index contributed by atoms with van der Waals surface area (Å²) in [6.45, 7) is 6.86. The Labute approximate surface area is 184 Å². The molecule has 0 radical (unpaired) electrons. The van der Waals surface area contributed by atoms with Gasteiger partial charge >= 0.3 is 11.9 Å². The van der Waals surface area contributed by atoms with Crippen molar-refractivity contribution in [3.8, 4) is 0 Å². The van der Waals surface area contributed by atoms with Crippen LogP contribution < -0.4 is 0 Å². The summed E-state index contributed by atoms with van der Waals surface area (Å²) in [5, 5.41) is 11.5. The van der Waals surface area contributed by atoms with E-state index >= 15 is 0 Å². The number of carbonyl (C=O) groups excluding carboxylic acids is 3. The monoisotopic (exact) mass is 432 g/mol. The average Bonchev–Trinajstić information content (AvgIpc) is 2.98. The molecule has 0 saturated heterocycles. The average molecular weight is 433 g/mol. The molecule has 7 atom stereocenters. The van der Waals surface area contributed by atoms with Crippen LogP contribution in [-0.2, 0) is 23.9 Å².